The van der Waals surface area contributed by atoms with E-state index >= 15 is 0 Å². The highest BCUT2D eigenvalue weighted by molar-refractivity contribution is 6.15. The van der Waals surface area contributed by atoms with E-state index < -0.39 is 0 Å². The van der Waals surface area contributed by atoms with E-state index in [9.17, 15) is 0 Å². The zero-order valence-electron chi connectivity index (χ0n) is 2.91. The summed E-state index contributed by atoms with van der Waals surface area (Å²) in [6.45, 7) is 0. The maximum Gasteiger partial charge on any atom is 0.129 e. The highest BCUT2D eigenvalue weighted by atomic mass is 28.3. The maximum absolute atomic E-state index is 4.53. The summed E-state index contributed by atoms with van der Waals surface area (Å²) in [5, 5.41) is 0. The average Bonchev–Trinajstić information content (AvgIpc) is 0.918. The number of rotatable bonds is 0. The highest BCUT2D eigenvalue weighted by Gasteiger charge is 1.28. The van der Waals surface area contributed by atoms with Gasteiger partial charge in [0.2, 0.25) is 0 Å². The summed E-state index contributed by atoms with van der Waals surface area (Å²) in [5.74, 6) is 0. The van der Waals surface area contributed by atoms with Crippen molar-refractivity contribution in [3.8, 4) is 0 Å². The van der Waals surface area contributed by atoms with E-state index in [1.165, 1.54) is 0 Å². The van der Waals surface area contributed by atoms with E-state index in [2.05, 4.69) is 4.12 Å². The molecule has 0 aromatic carbocycles. The van der Waals surface area contributed by atoms with Gasteiger partial charge in [0, 0.05) is 7.43 Å². The topological polar surface area (TPSA) is 9.23 Å². The second-order valence-corrected chi connectivity index (χ2v) is 3.67. The van der Waals surface area contributed by atoms with Crippen LogP contribution < -0.4 is 0 Å². The van der Waals surface area contributed by atoms with Gasteiger partial charge < -0.3 is 4.12 Å². The quantitative estimate of drug-likeness (QED) is 0.303. The van der Waals surface area contributed by atoms with E-state index in [1.54, 1.807) is 0 Å². The van der Waals surface area contributed by atoms with Crippen molar-refractivity contribution in [1.29, 1.82) is 0 Å². The lowest BCUT2D eigenvalue weighted by molar-refractivity contribution is 0.690. The van der Waals surface area contributed by atoms with Gasteiger partial charge in [0.15, 0.2) is 0 Å². The van der Waals surface area contributed by atoms with Crippen LogP contribution in [0.3, 0.4) is 0 Å². The van der Waals surface area contributed by atoms with E-state index in [1.807, 2.05) is 0 Å². The van der Waals surface area contributed by atoms with Crippen molar-refractivity contribution in [2.45, 2.75) is 0 Å². The Morgan fingerprint density at radius 2 is 1.25 bits per heavy atom. The van der Waals surface area contributed by atoms with Crippen LogP contribution in [0.1, 0.15) is 0 Å². The zero-order chi connectivity index (χ0) is 2.71. The van der Waals surface area contributed by atoms with Crippen molar-refractivity contribution < 1.29 is 4.12 Å². The van der Waals surface area contributed by atoms with Crippen molar-refractivity contribution in [2.24, 2.45) is 0 Å². The predicted octanol–water partition coefficient (Wildman–Crippen LogP) is -2.35. The molecular weight excluding hydrogens is 84.2 g/mol. The second kappa shape index (κ2) is 10.0. The fraction of sp³-hybridized carbons (Fsp3) is 0. The molecule has 0 N–H and O–H groups in total. The van der Waals surface area contributed by atoms with E-state index in [-0.39, 0.29) is 7.43 Å². The Labute approximate surface area is 33.4 Å². The monoisotopic (exact) mass is 90.0 g/mol. The molecule has 0 bridgehead atoms. The van der Waals surface area contributed by atoms with Crippen molar-refractivity contribution in [1.82, 2.24) is 0 Å². The Morgan fingerprint density at radius 1 is 1.25 bits per heavy atom. The Morgan fingerprint density at radius 3 is 1.25 bits per heavy atom. The first-order valence-corrected chi connectivity index (χ1v) is 2.45. The minimum absolute atomic E-state index is 0. The second-order valence-electron chi connectivity index (χ2n) is 0.408. The minimum atomic E-state index is 0. The van der Waals surface area contributed by atoms with E-state index in [0.29, 0.717) is 0 Å². The first kappa shape index (κ1) is 8.83. The lowest BCUT2D eigenvalue weighted by atomic mass is 12.0. The highest BCUT2D eigenvalue weighted by Crippen LogP contribution is 1.20. The van der Waals surface area contributed by atoms with Gasteiger partial charge in [-0.1, -0.05) is 0 Å². The van der Waals surface area contributed by atoms with Gasteiger partial charge in [-0.25, -0.2) is 0 Å². The Hall–Kier alpha value is 0.394. The Kier molecular flexibility index (Phi) is 22.1. The molecule has 1 nitrogen and oxygen atoms in total. The van der Waals surface area contributed by atoms with Gasteiger partial charge in [-0.05, 0) is 0 Å². The first-order chi connectivity index (χ1) is 1.41. The molecule has 0 spiro atoms. The molecule has 0 amide bonds. The third-order valence-electron chi connectivity index (χ3n) is 0. The van der Waals surface area contributed by atoms with Gasteiger partial charge in [-0.15, -0.1) is 0 Å². The van der Waals surface area contributed by atoms with Crippen LogP contribution in [-0.4, -0.2) is 21.0 Å². The molecule has 0 saturated heterocycles. The lowest BCUT2D eigenvalue weighted by Crippen LogP contribution is -1.65. The van der Waals surface area contributed by atoms with Crippen LogP contribution in [0.2, 0.25) is 0 Å². The molecule has 0 aliphatic rings. The van der Waals surface area contributed by atoms with Gasteiger partial charge in [-0.2, -0.15) is 0 Å². The minimum Gasteiger partial charge on any atom is -0.471 e. The van der Waals surface area contributed by atoms with Crippen molar-refractivity contribution in [2.75, 3.05) is 0 Å². The van der Waals surface area contributed by atoms with Gasteiger partial charge >= 0.3 is 0 Å². The summed E-state index contributed by atoms with van der Waals surface area (Å²) in [6.07, 6.45) is 0. The molecule has 0 aromatic heterocycles. The molecule has 4 heavy (non-hydrogen) atoms. The smallest absolute Gasteiger partial charge is 0.129 e. The normalized spacial score (nSPS) is 6.00. The van der Waals surface area contributed by atoms with Gasteiger partial charge in [-0.3, -0.25) is 0 Å². The maximum atomic E-state index is 4.53. The van der Waals surface area contributed by atoms with Crippen LogP contribution in [0.25, 0.3) is 0 Å². The van der Waals surface area contributed by atoms with Gasteiger partial charge in [0.25, 0.3) is 0 Å². The molecule has 0 aliphatic carbocycles. The van der Waals surface area contributed by atoms with Crippen molar-refractivity contribution in [3.05, 3.63) is 7.43 Å². The standard InChI is InChI=1S/C.H6OSi2/c;2-1-3/h;2-3H3. The van der Waals surface area contributed by atoms with Crippen molar-refractivity contribution >= 4 is 21.0 Å². The van der Waals surface area contributed by atoms with Crippen LogP contribution in [-0.2, 0) is 4.12 Å². The number of hydrogen-bond donors (Lipinski definition) is 0. The van der Waals surface area contributed by atoms with Crippen LogP contribution in [0.4, 0.5) is 0 Å². The molecule has 0 atom stereocenters. The summed E-state index contributed by atoms with van der Waals surface area (Å²) in [4.78, 5) is 0. The third-order valence-corrected chi connectivity index (χ3v) is 0. The summed E-state index contributed by atoms with van der Waals surface area (Å²) < 4.78 is 4.53. The number of hydrogen-bond acceptors (Lipinski definition) is 1. The molecule has 0 unspecified atom stereocenters. The molecule has 0 saturated carbocycles. The molecular formula is CH6OSi2. The first-order valence-electron chi connectivity index (χ1n) is 0.816. The van der Waals surface area contributed by atoms with Crippen LogP contribution in [0, 0.1) is 7.43 Å². The molecule has 0 rings (SSSR count). The average molecular weight is 90.2 g/mol. The molecule has 24 valence electrons. The molecule has 0 fully saturated rings. The summed E-state index contributed by atoms with van der Waals surface area (Å²) >= 11 is 0. The van der Waals surface area contributed by atoms with E-state index in [4.69, 9.17) is 0 Å². The van der Waals surface area contributed by atoms with Crippen LogP contribution in [0.15, 0.2) is 0 Å². The fourth-order valence-corrected chi connectivity index (χ4v) is 0. The largest absolute Gasteiger partial charge is 0.471 e. The van der Waals surface area contributed by atoms with Gasteiger partial charge in [0.05, 0.1) is 0 Å². The SMILES string of the molecule is [C].[SiH3]O[SiH3]. The summed E-state index contributed by atoms with van der Waals surface area (Å²) in [7, 11) is 1.86. The molecule has 0 heterocycles. The van der Waals surface area contributed by atoms with Gasteiger partial charge in [0.1, 0.15) is 21.0 Å². The molecule has 3 heteroatoms. The Bertz CT molecular complexity index is 6.00. The summed E-state index contributed by atoms with van der Waals surface area (Å²) in [5.41, 5.74) is 0. The van der Waals surface area contributed by atoms with Crippen LogP contribution >= 0.6 is 0 Å². The molecule has 0 aliphatic heterocycles. The Balaban J connectivity index is 0. The van der Waals surface area contributed by atoms with Crippen LogP contribution in [0.5, 0.6) is 0 Å². The molecule has 4 radical (unpaired) electrons. The molecule has 0 aromatic rings. The van der Waals surface area contributed by atoms with Crippen molar-refractivity contribution in [3.63, 3.8) is 0 Å². The van der Waals surface area contributed by atoms with E-state index in [0.717, 1.165) is 21.0 Å². The lowest BCUT2D eigenvalue weighted by Gasteiger charge is -1.62. The third kappa shape index (κ3) is 30.0. The fourth-order valence-electron chi connectivity index (χ4n) is 0. The summed E-state index contributed by atoms with van der Waals surface area (Å²) in [6, 6.07) is 0. The zero-order valence-corrected chi connectivity index (χ0v) is 6.91. The predicted molar refractivity (Wildman–Crippen MR) is 24.2 cm³/mol.